The predicted octanol–water partition coefficient (Wildman–Crippen LogP) is 3.55. The molecule has 2 fully saturated rings. The fourth-order valence-electron chi connectivity index (χ4n) is 3.57. The third-order valence-corrected chi connectivity index (χ3v) is 6.68. The number of aromatic nitrogens is 1. The van der Waals surface area contributed by atoms with Crippen LogP contribution in [0.3, 0.4) is 0 Å². The van der Waals surface area contributed by atoms with E-state index in [1.807, 2.05) is 35.2 Å². The molecule has 0 radical (unpaired) electrons. The van der Waals surface area contributed by atoms with Gasteiger partial charge in [0.15, 0.2) is 0 Å². The van der Waals surface area contributed by atoms with Crippen LogP contribution in [0.1, 0.15) is 53.7 Å². The monoisotopic (exact) mass is 427 g/mol. The molecule has 1 aromatic heterocycles. The number of rotatable bonds is 7. The molecule has 1 aliphatic carbocycles. The molecule has 1 saturated heterocycles. The molecule has 30 heavy (non-hydrogen) atoms. The van der Waals surface area contributed by atoms with Gasteiger partial charge in [-0.3, -0.25) is 9.59 Å². The van der Waals surface area contributed by atoms with E-state index in [1.165, 1.54) is 24.2 Å². The second-order valence-corrected chi connectivity index (χ2v) is 9.46. The quantitative estimate of drug-likeness (QED) is 0.678. The van der Waals surface area contributed by atoms with Gasteiger partial charge in [0.2, 0.25) is 5.91 Å². The summed E-state index contributed by atoms with van der Waals surface area (Å²) < 4.78 is 6.16. The van der Waals surface area contributed by atoms with Crippen LogP contribution in [-0.2, 0) is 16.1 Å². The minimum Gasteiger partial charge on any atom is -0.374 e. The lowest BCUT2D eigenvalue weighted by Crippen LogP contribution is -2.40. The molecule has 7 heteroatoms. The van der Waals surface area contributed by atoms with Crippen molar-refractivity contribution in [1.29, 1.82) is 0 Å². The normalized spacial score (nSPS) is 20.0. The molecule has 0 spiro atoms. The molecule has 4 rings (SSSR count). The summed E-state index contributed by atoms with van der Waals surface area (Å²) in [5, 5.41) is 2.74. The molecule has 0 unspecified atom stereocenters. The molecule has 0 N–H and O–H groups in total. The lowest BCUT2D eigenvalue weighted by Gasteiger charge is -2.24. The van der Waals surface area contributed by atoms with E-state index in [0.717, 1.165) is 10.6 Å². The second kappa shape index (κ2) is 9.27. The van der Waals surface area contributed by atoms with E-state index in [1.54, 1.807) is 10.3 Å². The maximum atomic E-state index is 13.1. The highest BCUT2D eigenvalue weighted by molar-refractivity contribution is 7.09. The number of hydrogen-bond donors (Lipinski definition) is 0. The lowest BCUT2D eigenvalue weighted by atomic mass is 10.2. The van der Waals surface area contributed by atoms with Crippen LogP contribution in [0.5, 0.6) is 0 Å². The largest absolute Gasteiger partial charge is 0.374 e. The zero-order chi connectivity index (χ0) is 21.1. The molecule has 2 amide bonds. The third-order valence-electron chi connectivity index (χ3n) is 5.53. The van der Waals surface area contributed by atoms with Crippen molar-refractivity contribution in [3.8, 4) is 0 Å². The highest BCUT2D eigenvalue weighted by Gasteiger charge is 2.33. The van der Waals surface area contributed by atoms with Crippen LogP contribution >= 0.6 is 11.3 Å². The molecular weight excluding hydrogens is 398 g/mol. The SMILES string of the molecule is CC(C)c1nc(C(=O)N2CC(=O)N(Cc3ccccc3)C[C@@H](OCC3CC3)C2)cs1. The van der Waals surface area contributed by atoms with E-state index < -0.39 is 0 Å². The van der Waals surface area contributed by atoms with E-state index in [9.17, 15) is 9.59 Å². The van der Waals surface area contributed by atoms with Crippen LogP contribution in [0.25, 0.3) is 0 Å². The van der Waals surface area contributed by atoms with Gasteiger partial charge in [0.05, 0.1) is 11.1 Å². The summed E-state index contributed by atoms with van der Waals surface area (Å²) >= 11 is 1.50. The van der Waals surface area contributed by atoms with Crippen LogP contribution in [0.4, 0.5) is 0 Å². The number of amides is 2. The van der Waals surface area contributed by atoms with Crippen LogP contribution in [0.15, 0.2) is 35.7 Å². The Morgan fingerprint density at radius 1 is 1.23 bits per heavy atom. The molecule has 0 bridgehead atoms. The van der Waals surface area contributed by atoms with Crippen molar-refractivity contribution in [2.45, 2.75) is 45.3 Å². The Morgan fingerprint density at radius 3 is 2.67 bits per heavy atom. The molecule has 1 atom stereocenters. The maximum absolute atomic E-state index is 13.1. The Bertz CT molecular complexity index is 879. The molecular formula is C23H29N3O3S. The zero-order valence-electron chi connectivity index (χ0n) is 17.6. The highest BCUT2D eigenvalue weighted by atomic mass is 32.1. The van der Waals surface area contributed by atoms with E-state index in [4.69, 9.17) is 4.74 Å². The molecule has 2 heterocycles. The molecule has 2 aliphatic rings. The zero-order valence-corrected chi connectivity index (χ0v) is 18.4. The van der Waals surface area contributed by atoms with E-state index in [0.29, 0.717) is 37.9 Å². The summed E-state index contributed by atoms with van der Waals surface area (Å²) in [6.45, 7) is 6.32. The van der Waals surface area contributed by atoms with Crippen molar-refractivity contribution >= 4 is 23.2 Å². The van der Waals surface area contributed by atoms with Crippen molar-refractivity contribution in [3.05, 3.63) is 52.0 Å². The van der Waals surface area contributed by atoms with Gasteiger partial charge in [-0.25, -0.2) is 4.98 Å². The topological polar surface area (TPSA) is 62.7 Å². The summed E-state index contributed by atoms with van der Waals surface area (Å²) in [6.07, 6.45) is 2.23. The van der Waals surface area contributed by atoms with Gasteiger partial charge in [-0.15, -0.1) is 11.3 Å². The Hall–Kier alpha value is -2.25. The fourth-order valence-corrected chi connectivity index (χ4v) is 4.37. The van der Waals surface area contributed by atoms with Crippen molar-refractivity contribution in [3.63, 3.8) is 0 Å². The summed E-state index contributed by atoms with van der Waals surface area (Å²) in [4.78, 5) is 34.1. The van der Waals surface area contributed by atoms with Gasteiger partial charge < -0.3 is 14.5 Å². The number of carbonyl (C=O) groups is 2. The summed E-state index contributed by atoms with van der Waals surface area (Å²) in [5.41, 5.74) is 1.50. The molecule has 2 aromatic rings. The maximum Gasteiger partial charge on any atom is 0.273 e. The Labute approximate surface area is 181 Å². The molecule has 160 valence electrons. The van der Waals surface area contributed by atoms with Crippen LogP contribution < -0.4 is 0 Å². The van der Waals surface area contributed by atoms with Crippen LogP contribution in [0, 0.1) is 5.92 Å². The molecule has 1 aliphatic heterocycles. The van der Waals surface area contributed by atoms with Crippen molar-refractivity contribution in [1.82, 2.24) is 14.8 Å². The number of hydrogen-bond acceptors (Lipinski definition) is 5. The summed E-state index contributed by atoms with van der Waals surface area (Å²) in [7, 11) is 0. The highest BCUT2D eigenvalue weighted by Crippen LogP contribution is 2.29. The predicted molar refractivity (Wildman–Crippen MR) is 116 cm³/mol. The molecule has 6 nitrogen and oxygen atoms in total. The van der Waals surface area contributed by atoms with Crippen LogP contribution in [-0.4, -0.2) is 58.9 Å². The summed E-state index contributed by atoms with van der Waals surface area (Å²) in [6, 6.07) is 9.95. The first kappa shape index (κ1) is 21.0. The number of carbonyl (C=O) groups excluding carboxylic acids is 2. The van der Waals surface area contributed by atoms with Crippen molar-refractivity contribution in [2.24, 2.45) is 5.92 Å². The molecule has 1 aromatic carbocycles. The lowest BCUT2D eigenvalue weighted by molar-refractivity contribution is -0.132. The first-order valence-corrected chi connectivity index (χ1v) is 11.6. The number of benzene rings is 1. The first-order valence-electron chi connectivity index (χ1n) is 10.7. The minimum atomic E-state index is -0.187. The molecule has 1 saturated carbocycles. The van der Waals surface area contributed by atoms with Crippen LogP contribution in [0.2, 0.25) is 0 Å². The average molecular weight is 428 g/mol. The van der Waals surface area contributed by atoms with Gasteiger partial charge in [-0.1, -0.05) is 44.2 Å². The van der Waals surface area contributed by atoms with Crippen molar-refractivity contribution in [2.75, 3.05) is 26.2 Å². The van der Waals surface area contributed by atoms with E-state index >= 15 is 0 Å². The smallest absolute Gasteiger partial charge is 0.273 e. The third kappa shape index (κ3) is 5.26. The van der Waals surface area contributed by atoms with Gasteiger partial charge in [0.25, 0.3) is 5.91 Å². The van der Waals surface area contributed by atoms with E-state index in [2.05, 4.69) is 18.8 Å². The Balaban J connectivity index is 1.50. The second-order valence-electron chi connectivity index (χ2n) is 8.57. The van der Waals surface area contributed by atoms with Gasteiger partial charge in [0.1, 0.15) is 12.2 Å². The first-order chi connectivity index (χ1) is 14.5. The average Bonchev–Trinajstić information content (AvgIpc) is 3.46. The number of thiazole rings is 1. The van der Waals surface area contributed by atoms with Gasteiger partial charge in [0, 0.05) is 37.5 Å². The van der Waals surface area contributed by atoms with Gasteiger partial charge in [-0.2, -0.15) is 0 Å². The van der Waals surface area contributed by atoms with Gasteiger partial charge in [-0.05, 0) is 24.3 Å². The minimum absolute atomic E-state index is 0.0518. The Kier molecular flexibility index (Phi) is 6.49. The van der Waals surface area contributed by atoms with E-state index in [-0.39, 0.29) is 30.4 Å². The fraction of sp³-hybridized carbons (Fsp3) is 0.522. The van der Waals surface area contributed by atoms with Gasteiger partial charge >= 0.3 is 0 Å². The number of nitrogens with zero attached hydrogens (tertiary/aromatic N) is 3. The standard InChI is InChI=1S/C23H29N3O3S/c1-16(2)22-24-20(15-30-22)23(28)26-12-19(29-14-18-8-9-18)11-25(21(27)13-26)10-17-6-4-3-5-7-17/h3-7,15-16,18-19H,8-14H2,1-2H3/t19-/m1/s1. The van der Waals surface area contributed by atoms with Crippen molar-refractivity contribution < 1.29 is 14.3 Å². The summed E-state index contributed by atoms with van der Waals surface area (Å²) in [5.74, 6) is 0.665. The number of ether oxygens (including phenoxy) is 1. The Morgan fingerprint density at radius 2 is 2.00 bits per heavy atom.